The van der Waals surface area contributed by atoms with Gasteiger partial charge in [0.05, 0.1) is 17.2 Å². The molecule has 1 aromatic heterocycles. The number of sulfone groups is 1. The molecule has 0 saturated carbocycles. The minimum Gasteiger partial charge on any atom is -0.506 e. The number of nitrogens with zero attached hydrogens (tertiary/aromatic N) is 1. The normalized spacial score (nSPS) is 22.8. The lowest BCUT2D eigenvalue weighted by atomic mass is 10.2. The number of pyridine rings is 1. The Bertz CT molecular complexity index is 528. The lowest BCUT2D eigenvalue weighted by molar-refractivity contribution is 0.443. The molecule has 100 valence electrons. The predicted molar refractivity (Wildman–Crippen MR) is 69.2 cm³/mol. The van der Waals surface area contributed by atoms with Gasteiger partial charge in [0.2, 0.25) is 0 Å². The van der Waals surface area contributed by atoms with Crippen LogP contribution in [0.1, 0.15) is 24.2 Å². The highest BCUT2D eigenvalue weighted by molar-refractivity contribution is 7.91. The quantitative estimate of drug-likeness (QED) is 0.848. The van der Waals surface area contributed by atoms with Crippen molar-refractivity contribution in [3.8, 4) is 5.75 Å². The first kappa shape index (κ1) is 13.3. The lowest BCUT2D eigenvalue weighted by Gasteiger charge is -2.23. The first-order valence-electron chi connectivity index (χ1n) is 6.05. The van der Waals surface area contributed by atoms with Crippen molar-refractivity contribution in [2.24, 2.45) is 0 Å². The minimum absolute atomic E-state index is 0.0366. The van der Waals surface area contributed by atoms with Gasteiger partial charge < -0.3 is 10.4 Å². The number of hydrogen-bond donors (Lipinski definition) is 2. The highest BCUT2D eigenvalue weighted by Crippen LogP contribution is 2.16. The Kier molecular flexibility index (Phi) is 3.87. The number of rotatable bonds is 3. The molecule has 1 aromatic rings. The fourth-order valence-electron chi connectivity index (χ4n) is 2.16. The van der Waals surface area contributed by atoms with Crippen LogP contribution in [0.3, 0.4) is 0 Å². The maximum absolute atomic E-state index is 11.5. The number of aromatic hydroxyl groups is 1. The van der Waals surface area contributed by atoms with E-state index in [9.17, 15) is 13.5 Å². The van der Waals surface area contributed by atoms with Gasteiger partial charge in [-0.1, -0.05) is 0 Å². The molecule has 1 aliphatic rings. The maximum Gasteiger partial charge on any atom is 0.151 e. The summed E-state index contributed by atoms with van der Waals surface area (Å²) in [7, 11) is -2.90. The summed E-state index contributed by atoms with van der Waals surface area (Å²) in [6, 6.07) is 3.31. The average molecular weight is 270 g/mol. The van der Waals surface area contributed by atoms with Gasteiger partial charge in [-0.15, -0.1) is 0 Å². The molecule has 1 saturated heterocycles. The monoisotopic (exact) mass is 270 g/mol. The third-order valence-electron chi connectivity index (χ3n) is 3.11. The predicted octanol–water partition coefficient (Wildman–Crippen LogP) is 0.762. The first-order chi connectivity index (χ1) is 8.46. The fraction of sp³-hybridized carbons (Fsp3) is 0.583. The smallest absolute Gasteiger partial charge is 0.151 e. The van der Waals surface area contributed by atoms with Crippen LogP contribution in [-0.2, 0) is 16.4 Å². The van der Waals surface area contributed by atoms with Gasteiger partial charge >= 0.3 is 0 Å². The molecule has 1 aliphatic heterocycles. The number of aromatic nitrogens is 1. The van der Waals surface area contributed by atoms with Crippen LogP contribution in [0.2, 0.25) is 0 Å². The average Bonchev–Trinajstić information content (AvgIpc) is 2.29. The summed E-state index contributed by atoms with van der Waals surface area (Å²) in [5.74, 6) is 0.616. The zero-order chi connectivity index (χ0) is 13.2. The number of nitrogens with one attached hydrogen (secondary N) is 1. The van der Waals surface area contributed by atoms with Crippen LogP contribution in [0.5, 0.6) is 5.75 Å². The van der Waals surface area contributed by atoms with Crippen molar-refractivity contribution in [2.75, 3.05) is 11.5 Å². The van der Waals surface area contributed by atoms with Crippen LogP contribution in [0.15, 0.2) is 12.1 Å². The van der Waals surface area contributed by atoms with Crippen molar-refractivity contribution in [2.45, 2.75) is 32.4 Å². The molecular formula is C12H18N2O3S. The number of hydrogen-bond acceptors (Lipinski definition) is 5. The third kappa shape index (κ3) is 3.43. The summed E-state index contributed by atoms with van der Waals surface area (Å²) in [6.07, 6.45) is 1.55. The van der Waals surface area contributed by atoms with Gasteiger partial charge in [0.1, 0.15) is 5.75 Å². The first-order valence-corrected chi connectivity index (χ1v) is 7.88. The molecule has 5 nitrogen and oxygen atoms in total. The molecule has 0 radical (unpaired) electrons. The highest BCUT2D eigenvalue weighted by atomic mass is 32.2. The molecule has 1 atom stereocenters. The Morgan fingerprint density at radius 3 is 3.00 bits per heavy atom. The zero-order valence-electron chi connectivity index (χ0n) is 10.4. The van der Waals surface area contributed by atoms with Gasteiger partial charge in [0.25, 0.3) is 0 Å². The van der Waals surface area contributed by atoms with Crippen LogP contribution in [0.25, 0.3) is 0 Å². The molecule has 0 aromatic carbocycles. The number of aryl methyl sites for hydroxylation is 1. The molecule has 2 N–H and O–H groups in total. The second-order valence-electron chi connectivity index (χ2n) is 4.75. The molecule has 0 amide bonds. The lowest BCUT2D eigenvalue weighted by Crippen LogP contribution is -2.39. The van der Waals surface area contributed by atoms with E-state index in [0.29, 0.717) is 24.4 Å². The molecule has 18 heavy (non-hydrogen) atoms. The molecule has 2 rings (SSSR count). The van der Waals surface area contributed by atoms with E-state index >= 15 is 0 Å². The molecule has 2 heterocycles. The van der Waals surface area contributed by atoms with E-state index in [-0.39, 0.29) is 17.5 Å². The van der Waals surface area contributed by atoms with E-state index in [4.69, 9.17) is 0 Å². The minimum atomic E-state index is -2.90. The summed E-state index contributed by atoms with van der Waals surface area (Å²) in [6.45, 7) is 2.25. The van der Waals surface area contributed by atoms with E-state index in [1.54, 1.807) is 12.1 Å². The van der Waals surface area contributed by atoms with E-state index in [0.717, 1.165) is 12.1 Å². The molecule has 0 bridgehead atoms. The topological polar surface area (TPSA) is 79.3 Å². The Labute approximate surface area is 107 Å². The van der Waals surface area contributed by atoms with E-state index < -0.39 is 9.84 Å². The van der Waals surface area contributed by atoms with Crippen LogP contribution >= 0.6 is 0 Å². The molecule has 1 fully saturated rings. The Hall–Kier alpha value is -1.14. The fourth-order valence-corrected chi connectivity index (χ4v) is 3.83. The van der Waals surface area contributed by atoms with Gasteiger partial charge in [-0.2, -0.15) is 0 Å². The summed E-state index contributed by atoms with van der Waals surface area (Å²) < 4.78 is 23.0. The molecule has 0 spiro atoms. The van der Waals surface area contributed by atoms with Crippen molar-refractivity contribution in [3.05, 3.63) is 23.5 Å². The molecule has 0 aliphatic carbocycles. The van der Waals surface area contributed by atoms with Crippen LogP contribution in [-0.4, -0.2) is 36.1 Å². The zero-order valence-corrected chi connectivity index (χ0v) is 11.2. The molecule has 6 heteroatoms. The second-order valence-corrected chi connectivity index (χ2v) is 6.98. The van der Waals surface area contributed by atoms with Crippen LogP contribution in [0.4, 0.5) is 0 Å². The van der Waals surface area contributed by atoms with Gasteiger partial charge in [-0.25, -0.2) is 8.42 Å². The standard InChI is InChI=1S/C12H18N2O3S/c1-9-4-5-12(15)11(14-9)7-13-10-3-2-6-18(16,17)8-10/h4-5,10,13,15H,2-3,6-8H2,1H3. The van der Waals surface area contributed by atoms with E-state index in [1.165, 1.54) is 0 Å². The van der Waals surface area contributed by atoms with Crippen molar-refractivity contribution >= 4 is 9.84 Å². The Balaban J connectivity index is 1.97. The van der Waals surface area contributed by atoms with Crippen molar-refractivity contribution < 1.29 is 13.5 Å². The molecular weight excluding hydrogens is 252 g/mol. The second kappa shape index (κ2) is 5.24. The summed E-state index contributed by atoms with van der Waals surface area (Å²) >= 11 is 0. The van der Waals surface area contributed by atoms with E-state index in [1.807, 2.05) is 6.92 Å². The Morgan fingerprint density at radius 2 is 2.28 bits per heavy atom. The van der Waals surface area contributed by atoms with Gasteiger partial charge in [0.15, 0.2) is 9.84 Å². The van der Waals surface area contributed by atoms with Gasteiger partial charge in [0, 0.05) is 18.3 Å². The molecule has 1 unspecified atom stereocenters. The highest BCUT2D eigenvalue weighted by Gasteiger charge is 2.24. The van der Waals surface area contributed by atoms with Crippen molar-refractivity contribution in [3.63, 3.8) is 0 Å². The summed E-state index contributed by atoms with van der Waals surface area (Å²) in [5, 5.41) is 12.8. The van der Waals surface area contributed by atoms with Crippen molar-refractivity contribution in [1.82, 2.24) is 10.3 Å². The summed E-state index contributed by atoms with van der Waals surface area (Å²) in [4.78, 5) is 4.23. The third-order valence-corrected chi connectivity index (χ3v) is 4.93. The Morgan fingerprint density at radius 1 is 1.50 bits per heavy atom. The van der Waals surface area contributed by atoms with Gasteiger partial charge in [-0.05, 0) is 31.9 Å². The largest absolute Gasteiger partial charge is 0.506 e. The van der Waals surface area contributed by atoms with Crippen molar-refractivity contribution in [1.29, 1.82) is 0 Å². The summed E-state index contributed by atoms with van der Waals surface area (Å²) in [5.41, 5.74) is 1.40. The van der Waals surface area contributed by atoms with E-state index in [2.05, 4.69) is 10.3 Å². The van der Waals surface area contributed by atoms with Crippen LogP contribution in [0, 0.1) is 6.92 Å². The maximum atomic E-state index is 11.5. The van der Waals surface area contributed by atoms with Crippen LogP contribution < -0.4 is 5.32 Å². The van der Waals surface area contributed by atoms with Gasteiger partial charge in [-0.3, -0.25) is 4.98 Å². The SMILES string of the molecule is Cc1ccc(O)c(CNC2CCCS(=O)(=O)C2)n1.